The Balaban J connectivity index is 4.18. The molecule has 1 unspecified atom stereocenters. The topological polar surface area (TPSA) is 43.4 Å². The van der Waals surface area contributed by atoms with Crippen LogP contribution < -0.4 is 0 Å². The molecule has 3 nitrogen and oxygen atoms in total. The van der Waals surface area contributed by atoms with Crippen LogP contribution in [0.15, 0.2) is 0 Å². The molecule has 34 heavy (non-hydrogen) atoms. The molecule has 0 amide bonds. The molecule has 0 rings (SSSR count). The van der Waals surface area contributed by atoms with E-state index >= 15 is 0 Å². The first-order valence-corrected chi connectivity index (χ1v) is 15.4. The second-order valence-electron chi connectivity index (χ2n) is 10.5. The number of hydrogen-bond acceptors (Lipinski definition) is 3. The van der Waals surface area contributed by atoms with Gasteiger partial charge in [-0.3, -0.25) is 9.59 Å². The van der Waals surface area contributed by atoms with Crippen molar-refractivity contribution in [3.8, 4) is 0 Å². The summed E-state index contributed by atoms with van der Waals surface area (Å²) in [7, 11) is 0. The summed E-state index contributed by atoms with van der Waals surface area (Å²) in [5.41, 5.74) is 0. The molecule has 0 bridgehead atoms. The minimum absolute atomic E-state index is 0.0891. The lowest BCUT2D eigenvalue weighted by Crippen LogP contribution is -2.21. The first kappa shape index (κ1) is 33.1. The maximum Gasteiger partial charge on any atom is 0.316 e. The normalized spacial score (nSPS) is 12.1. The van der Waals surface area contributed by atoms with Gasteiger partial charge in [-0.05, 0) is 19.3 Å². The van der Waals surface area contributed by atoms with Gasteiger partial charge in [0.2, 0.25) is 0 Å². The Labute approximate surface area is 213 Å². The Bertz CT molecular complexity index is 446. The van der Waals surface area contributed by atoms with Gasteiger partial charge < -0.3 is 4.74 Å². The van der Waals surface area contributed by atoms with E-state index in [1.54, 1.807) is 0 Å². The van der Waals surface area contributed by atoms with Gasteiger partial charge >= 0.3 is 11.9 Å². The number of ether oxygens (including phenoxy) is 1. The second kappa shape index (κ2) is 26.7. The van der Waals surface area contributed by atoms with E-state index in [0.29, 0.717) is 6.42 Å². The molecular weight excluding hydrogens is 420 g/mol. The Morgan fingerprint density at radius 2 is 0.794 bits per heavy atom. The second-order valence-corrected chi connectivity index (χ2v) is 10.5. The number of unbranched alkanes of at least 4 members (excludes halogenated alkanes) is 19. The van der Waals surface area contributed by atoms with Gasteiger partial charge in [-0.15, -0.1) is 0 Å². The Morgan fingerprint density at radius 1 is 0.471 bits per heavy atom. The standard InChI is InChI=1S/C31H60O3/c1-4-7-10-13-15-17-18-20-22-24-27-29(26-23-21-19-16-14-11-8-5-2)31(33)34-30(32)28-25-12-9-6-3/h29H,4-28H2,1-3H3. The van der Waals surface area contributed by atoms with Gasteiger partial charge in [-0.2, -0.15) is 0 Å². The van der Waals surface area contributed by atoms with Crippen molar-refractivity contribution < 1.29 is 14.3 Å². The minimum atomic E-state index is -0.315. The summed E-state index contributed by atoms with van der Waals surface area (Å²) in [5, 5.41) is 0. The molecule has 0 N–H and O–H groups in total. The molecule has 1 atom stereocenters. The van der Waals surface area contributed by atoms with Gasteiger partial charge in [0.25, 0.3) is 0 Å². The van der Waals surface area contributed by atoms with Gasteiger partial charge in [0.15, 0.2) is 0 Å². The molecule has 0 aliphatic carbocycles. The van der Waals surface area contributed by atoms with Crippen LogP contribution in [0.2, 0.25) is 0 Å². The first-order valence-electron chi connectivity index (χ1n) is 15.4. The minimum Gasteiger partial charge on any atom is -0.393 e. The maximum atomic E-state index is 12.7. The smallest absolute Gasteiger partial charge is 0.316 e. The Kier molecular flexibility index (Phi) is 26.1. The first-order chi connectivity index (χ1) is 16.7. The predicted molar refractivity (Wildman–Crippen MR) is 147 cm³/mol. The molecule has 0 aromatic carbocycles. The molecule has 0 radical (unpaired) electrons. The van der Waals surface area contributed by atoms with Crippen LogP contribution in [0.25, 0.3) is 0 Å². The van der Waals surface area contributed by atoms with Crippen LogP contribution in [-0.4, -0.2) is 11.9 Å². The van der Waals surface area contributed by atoms with Crippen LogP contribution in [0.5, 0.6) is 0 Å². The summed E-state index contributed by atoms with van der Waals surface area (Å²) in [4.78, 5) is 24.9. The number of rotatable bonds is 26. The quantitative estimate of drug-likeness (QED) is 0.0702. The van der Waals surface area contributed by atoms with E-state index < -0.39 is 0 Å². The van der Waals surface area contributed by atoms with Crippen LogP contribution in [0.3, 0.4) is 0 Å². The van der Waals surface area contributed by atoms with Crippen molar-refractivity contribution >= 4 is 11.9 Å². The summed E-state index contributed by atoms with van der Waals surface area (Å²) >= 11 is 0. The van der Waals surface area contributed by atoms with Crippen molar-refractivity contribution in [3.63, 3.8) is 0 Å². The summed E-state index contributed by atoms with van der Waals surface area (Å²) < 4.78 is 5.28. The summed E-state index contributed by atoms with van der Waals surface area (Å²) in [6.45, 7) is 6.68. The fourth-order valence-electron chi connectivity index (χ4n) is 4.73. The molecule has 0 saturated carbocycles. The molecular formula is C31H60O3. The van der Waals surface area contributed by atoms with E-state index in [2.05, 4.69) is 20.8 Å². The lowest BCUT2D eigenvalue weighted by atomic mass is 9.94. The lowest BCUT2D eigenvalue weighted by molar-refractivity contribution is -0.163. The molecule has 0 spiro atoms. The molecule has 0 aliphatic heterocycles. The Morgan fingerprint density at radius 3 is 1.18 bits per heavy atom. The molecule has 0 fully saturated rings. The highest BCUT2D eigenvalue weighted by Gasteiger charge is 2.22. The summed E-state index contributed by atoms with van der Waals surface area (Å²) in [5.74, 6) is -0.654. The van der Waals surface area contributed by atoms with Crippen molar-refractivity contribution in [3.05, 3.63) is 0 Å². The highest BCUT2D eigenvalue weighted by Crippen LogP contribution is 2.21. The van der Waals surface area contributed by atoms with Gasteiger partial charge in [0, 0.05) is 6.42 Å². The average Bonchev–Trinajstić information content (AvgIpc) is 2.83. The third kappa shape index (κ3) is 22.9. The molecule has 0 heterocycles. The van der Waals surface area contributed by atoms with Crippen molar-refractivity contribution in [1.29, 1.82) is 0 Å². The lowest BCUT2D eigenvalue weighted by Gasteiger charge is -2.15. The van der Waals surface area contributed by atoms with Crippen LogP contribution in [-0.2, 0) is 14.3 Å². The van der Waals surface area contributed by atoms with Crippen molar-refractivity contribution in [1.82, 2.24) is 0 Å². The third-order valence-electron chi connectivity index (χ3n) is 7.09. The van der Waals surface area contributed by atoms with Crippen LogP contribution in [0.4, 0.5) is 0 Å². The zero-order valence-corrected chi connectivity index (χ0v) is 23.5. The highest BCUT2D eigenvalue weighted by atomic mass is 16.6. The van der Waals surface area contributed by atoms with E-state index in [0.717, 1.165) is 51.4 Å². The molecule has 0 aromatic rings. The summed E-state index contributed by atoms with van der Waals surface area (Å²) in [6.07, 6.45) is 29.5. The van der Waals surface area contributed by atoms with Gasteiger partial charge in [0.1, 0.15) is 0 Å². The van der Waals surface area contributed by atoms with E-state index in [1.165, 1.54) is 103 Å². The van der Waals surface area contributed by atoms with E-state index in [-0.39, 0.29) is 17.9 Å². The number of carbonyl (C=O) groups is 2. The summed E-state index contributed by atoms with van der Waals surface area (Å²) in [6, 6.07) is 0. The third-order valence-corrected chi connectivity index (χ3v) is 7.09. The van der Waals surface area contributed by atoms with Crippen LogP contribution in [0.1, 0.15) is 181 Å². The maximum absolute atomic E-state index is 12.7. The van der Waals surface area contributed by atoms with Crippen molar-refractivity contribution in [2.75, 3.05) is 0 Å². The molecule has 0 saturated heterocycles. The molecule has 0 aromatic heterocycles. The zero-order chi connectivity index (χ0) is 25.1. The fourth-order valence-corrected chi connectivity index (χ4v) is 4.73. The van der Waals surface area contributed by atoms with Crippen molar-refractivity contribution in [2.24, 2.45) is 5.92 Å². The number of carbonyl (C=O) groups excluding carboxylic acids is 2. The monoisotopic (exact) mass is 480 g/mol. The van der Waals surface area contributed by atoms with Gasteiger partial charge in [-0.25, -0.2) is 0 Å². The van der Waals surface area contributed by atoms with Gasteiger partial charge in [0.05, 0.1) is 5.92 Å². The molecule has 3 heteroatoms. The molecule has 202 valence electrons. The Hall–Kier alpha value is -0.860. The average molecular weight is 481 g/mol. The van der Waals surface area contributed by atoms with E-state index in [4.69, 9.17) is 4.74 Å². The number of hydrogen-bond donors (Lipinski definition) is 0. The predicted octanol–water partition coefficient (Wildman–Crippen LogP) is 10.5. The SMILES string of the molecule is CCCCCCCCCCCCC(CCCCCCCCCC)C(=O)OC(=O)CCCCCC. The largest absolute Gasteiger partial charge is 0.393 e. The van der Waals surface area contributed by atoms with Gasteiger partial charge in [-0.1, -0.05) is 156 Å². The highest BCUT2D eigenvalue weighted by molar-refractivity contribution is 5.86. The zero-order valence-electron chi connectivity index (χ0n) is 23.5. The van der Waals surface area contributed by atoms with Crippen LogP contribution in [0, 0.1) is 5.92 Å². The van der Waals surface area contributed by atoms with E-state index in [1.807, 2.05) is 0 Å². The number of esters is 2. The molecule has 0 aliphatic rings. The fraction of sp³-hybridized carbons (Fsp3) is 0.935. The van der Waals surface area contributed by atoms with Crippen LogP contribution >= 0.6 is 0 Å². The van der Waals surface area contributed by atoms with E-state index in [9.17, 15) is 9.59 Å². The van der Waals surface area contributed by atoms with Crippen molar-refractivity contribution in [2.45, 2.75) is 181 Å².